The first-order chi connectivity index (χ1) is 17.2. The van der Waals surface area contributed by atoms with E-state index in [1.807, 2.05) is 0 Å². The first-order valence-electron chi connectivity index (χ1n) is 10.3. The molecule has 184 valence electrons. The van der Waals surface area contributed by atoms with Gasteiger partial charge >= 0.3 is 5.97 Å². The van der Waals surface area contributed by atoms with Crippen LogP contribution < -0.4 is 14.8 Å². The van der Waals surface area contributed by atoms with Crippen LogP contribution in [-0.4, -0.2) is 29.3 Å². The van der Waals surface area contributed by atoms with Crippen molar-refractivity contribution in [2.24, 2.45) is 4.99 Å². The number of hydrogen-bond acceptors (Lipinski definition) is 6. The molecule has 1 saturated heterocycles. The van der Waals surface area contributed by atoms with Crippen molar-refractivity contribution in [3.05, 3.63) is 91.3 Å². The molecule has 11 heteroatoms. The second-order valence-corrected chi connectivity index (χ2v) is 9.61. The highest BCUT2D eigenvalue weighted by Gasteiger charge is 2.25. The average molecular weight is 564 g/mol. The SMILES string of the molecule is COc1cc(/C=C2/SC(=Nc3cccc(Cl)c3Cl)NC2=O)cc(Cl)c1OCc1cccc(C(=O)O)c1. The Hall–Kier alpha value is -3.17. The Morgan fingerprint density at radius 2 is 1.89 bits per heavy atom. The van der Waals surface area contributed by atoms with Gasteiger partial charge in [0.1, 0.15) is 6.61 Å². The van der Waals surface area contributed by atoms with Crippen LogP contribution in [-0.2, 0) is 11.4 Å². The Morgan fingerprint density at radius 3 is 2.64 bits per heavy atom. The lowest BCUT2D eigenvalue weighted by molar-refractivity contribution is -0.115. The number of carbonyl (C=O) groups is 2. The lowest BCUT2D eigenvalue weighted by Gasteiger charge is -2.14. The number of aromatic carboxylic acids is 1. The fourth-order valence-corrected chi connectivity index (χ4v) is 4.68. The molecule has 36 heavy (non-hydrogen) atoms. The lowest BCUT2D eigenvalue weighted by Crippen LogP contribution is -2.19. The zero-order valence-electron chi connectivity index (χ0n) is 18.6. The highest BCUT2D eigenvalue weighted by atomic mass is 35.5. The molecule has 0 aromatic heterocycles. The predicted molar refractivity (Wildman–Crippen MR) is 143 cm³/mol. The summed E-state index contributed by atoms with van der Waals surface area (Å²) >= 11 is 19.8. The number of ether oxygens (including phenoxy) is 2. The number of amides is 1. The second kappa shape index (κ2) is 11.3. The van der Waals surface area contributed by atoms with Crippen molar-refractivity contribution in [2.45, 2.75) is 6.61 Å². The Labute approximate surface area is 225 Å². The summed E-state index contributed by atoms with van der Waals surface area (Å²) in [7, 11) is 1.47. The van der Waals surface area contributed by atoms with E-state index in [1.165, 1.54) is 19.2 Å². The van der Waals surface area contributed by atoms with Gasteiger partial charge in [0.05, 0.1) is 38.3 Å². The monoisotopic (exact) mass is 562 g/mol. The number of carboxylic acid groups (broad SMARTS) is 1. The predicted octanol–water partition coefficient (Wildman–Crippen LogP) is 6.82. The topological polar surface area (TPSA) is 97.2 Å². The van der Waals surface area contributed by atoms with Crippen LogP contribution in [0.1, 0.15) is 21.5 Å². The van der Waals surface area contributed by atoms with E-state index in [0.717, 1.165) is 11.8 Å². The zero-order valence-corrected chi connectivity index (χ0v) is 21.6. The lowest BCUT2D eigenvalue weighted by atomic mass is 10.1. The third kappa shape index (κ3) is 5.96. The van der Waals surface area contributed by atoms with Gasteiger partial charge in [0, 0.05) is 0 Å². The van der Waals surface area contributed by atoms with Crippen LogP contribution in [0, 0.1) is 0 Å². The number of halogens is 3. The minimum absolute atomic E-state index is 0.0851. The van der Waals surface area contributed by atoms with Crippen molar-refractivity contribution in [1.29, 1.82) is 0 Å². The highest BCUT2D eigenvalue weighted by molar-refractivity contribution is 8.18. The number of nitrogens with one attached hydrogen (secondary N) is 1. The number of rotatable bonds is 7. The smallest absolute Gasteiger partial charge is 0.335 e. The van der Waals surface area contributed by atoms with Crippen LogP contribution in [0.15, 0.2) is 64.5 Å². The molecule has 1 amide bonds. The van der Waals surface area contributed by atoms with E-state index >= 15 is 0 Å². The maximum atomic E-state index is 12.5. The highest BCUT2D eigenvalue weighted by Crippen LogP contribution is 2.39. The van der Waals surface area contributed by atoms with Gasteiger partial charge < -0.3 is 19.9 Å². The number of amidine groups is 1. The van der Waals surface area contributed by atoms with E-state index < -0.39 is 5.97 Å². The van der Waals surface area contributed by atoms with Crippen LogP contribution in [0.25, 0.3) is 6.08 Å². The Kier molecular flexibility index (Phi) is 8.11. The number of thioether (sulfide) groups is 1. The number of benzene rings is 3. The molecule has 0 bridgehead atoms. The number of nitrogens with zero attached hydrogens (tertiary/aromatic N) is 1. The maximum Gasteiger partial charge on any atom is 0.335 e. The van der Waals surface area contributed by atoms with E-state index in [1.54, 1.807) is 48.5 Å². The fourth-order valence-electron chi connectivity index (χ4n) is 3.23. The van der Waals surface area contributed by atoms with Crippen LogP contribution in [0.3, 0.4) is 0 Å². The summed E-state index contributed by atoms with van der Waals surface area (Å²) in [4.78, 5) is 28.5. The van der Waals surface area contributed by atoms with Crippen molar-refractivity contribution in [3.8, 4) is 11.5 Å². The molecule has 0 atom stereocenters. The summed E-state index contributed by atoms with van der Waals surface area (Å²) in [6.07, 6.45) is 1.65. The summed E-state index contributed by atoms with van der Waals surface area (Å²) in [5, 5.41) is 13.1. The number of carbonyl (C=O) groups excluding carboxylic acids is 1. The zero-order chi connectivity index (χ0) is 25.8. The van der Waals surface area contributed by atoms with Gasteiger partial charge in [-0.15, -0.1) is 0 Å². The Morgan fingerprint density at radius 1 is 1.11 bits per heavy atom. The minimum atomic E-state index is -1.03. The molecule has 1 aliphatic heterocycles. The van der Waals surface area contributed by atoms with Crippen molar-refractivity contribution < 1.29 is 24.2 Å². The van der Waals surface area contributed by atoms with E-state index in [4.69, 9.17) is 49.4 Å². The van der Waals surface area contributed by atoms with Gasteiger partial charge in [-0.1, -0.05) is 53.0 Å². The van der Waals surface area contributed by atoms with E-state index in [0.29, 0.717) is 48.4 Å². The van der Waals surface area contributed by atoms with Gasteiger partial charge in [-0.2, -0.15) is 0 Å². The third-order valence-corrected chi connectivity index (χ3v) is 6.91. The van der Waals surface area contributed by atoms with Crippen LogP contribution >= 0.6 is 46.6 Å². The van der Waals surface area contributed by atoms with Crippen molar-refractivity contribution >= 4 is 75.4 Å². The summed E-state index contributed by atoms with van der Waals surface area (Å²) in [6, 6.07) is 14.8. The molecule has 3 aromatic rings. The molecular formula is C25H17Cl3N2O5S. The van der Waals surface area contributed by atoms with Gasteiger partial charge in [-0.3, -0.25) is 4.79 Å². The molecule has 3 aromatic carbocycles. The quantitative estimate of drug-likeness (QED) is 0.306. The molecule has 4 rings (SSSR count). The first-order valence-corrected chi connectivity index (χ1v) is 12.3. The van der Waals surface area contributed by atoms with Crippen LogP contribution in [0.4, 0.5) is 5.69 Å². The molecule has 1 heterocycles. The average Bonchev–Trinajstić information content (AvgIpc) is 3.19. The summed E-state index contributed by atoms with van der Waals surface area (Å²) in [5.74, 6) is -0.705. The largest absolute Gasteiger partial charge is 0.493 e. The Bertz CT molecular complexity index is 1420. The van der Waals surface area contributed by atoms with Crippen molar-refractivity contribution in [2.75, 3.05) is 7.11 Å². The third-order valence-electron chi connectivity index (χ3n) is 4.91. The van der Waals surface area contributed by atoms with Crippen LogP contribution in [0.2, 0.25) is 15.1 Å². The molecule has 0 aliphatic carbocycles. The number of carboxylic acids is 1. The maximum absolute atomic E-state index is 12.5. The molecule has 0 unspecified atom stereocenters. The molecule has 0 radical (unpaired) electrons. The molecule has 0 spiro atoms. The summed E-state index contributed by atoms with van der Waals surface area (Å²) in [6.45, 7) is 0.0851. The van der Waals surface area contributed by atoms with Crippen molar-refractivity contribution in [3.63, 3.8) is 0 Å². The first kappa shape index (κ1) is 25.9. The van der Waals surface area contributed by atoms with Gasteiger partial charge in [0.15, 0.2) is 16.7 Å². The molecular weight excluding hydrogens is 547 g/mol. The van der Waals surface area contributed by atoms with Crippen LogP contribution in [0.5, 0.6) is 11.5 Å². The fraction of sp³-hybridized carbons (Fsp3) is 0.0800. The normalized spacial score (nSPS) is 15.3. The minimum Gasteiger partial charge on any atom is -0.493 e. The number of hydrogen-bond donors (Lipinski definition) is 2. The van der Waals surface area contributed by atoms with Gasteiger partial charge in [-0.05, 0) is 65.4 Å². The molecule has 1 fully saturated rings. The number of methoxy groups -OCH3 is 1. The second-order valence-electron chi connectivity index (χ2n) is 7.38. The van der Waals surface area contributed by atoms with Gasteiger partial charge in [0.2, 0.25) is 0 Å². The molecule has 2 N–H and O–H groups in total. The van der Waals surface area contributed by atoms with E-state index in [-0.39, 0.29) is 23.1 Å². The molecule has 7 nitrogen and oxygen atoms in total. The molecule has 1 aliphatic rings. The Balaban J connectivity index is 1.54. The van der Waals surface area contributed by atoms with E-state index in [2.05, 4.69) is 10.3 Å². The van der Waals surface area contributed by atoms with Crippen molar-refractivity contribution in [1.82, 2.24) is 5.32 Å². The van der Waals surface area contributed by atoms with E-state index in [9.17, 15) is 9.59 Å². The van der Waals surface area contributed by atoms with Gasteiger partial charge in [0.25, 0.3) is 5.91 Å². The summed E-state index contributed by atoms with van der Waals surface area (Å²) in [5.41, 5.74) is 1.86. The van der Waals surface area contributed by atoms with Gasteiger partial charge in [-0.25, -0.2) is 9.79 Å². The standard InChI is InChI=1S/C25H17Cl3N2O5S/c1-34-19-10-14(9-17(27)22(19)35-12-13-4-2-5-15(8-13)24(32)33)11-20-23(31)30-25(36-20)29-18-7-3-6-16(26)21(18)28/h2-11H,12H2,1H3,(H,32,33)(H,29,30,31)/b20-11+. The number of aliphatic imine (C=N–C) groups is 1. The molecule has 0 saturated carbocycles. The summed E-state index contributed by atoms with van der Waals surface area (Å²) < 4.78 is 11.3.